The summed E-state index contributed by atoms with van der Waals surface area (Å²) in [5.41, 5.74) is 1.51. The molecule has 0 spiro atoms. The number of nitrogens with zero attached hydrogens (tertiary/aromatic N) is 4. The minimum atomic E-state index is -0.0610. The Balaban J connectivity index is 2.49. The van der Waals surface area contributed by atoms with Gasteiger partial charge < -0.3 is 4.90 Å². The van der Waals surface area contributed by atoms with Gasteiger partial charge in [-0.1, -0.05) is 19.9 Å². The normalized spacial score (nSPS) is 12.0. The Morgan fingerprint density at radius 1 is 1.39 bits per heavy atom. The van der Waals surface area contributed by atoms with Crippen LogP contribution in [0, 0.1) is 5.92 Å². The van der Waals surface area contributed by atoms with Crippen LogP contribution in [0.25, 0.3) is 11.3 Å². The summed E-state index contributed by atoms with van der Waals surface area (Å²) in [5, 5.41) is 0. The summed E-state index contributed by atoms with van der Waals surface area (Å²) in [6.45, 7) is 9.72. The van der Waals surface area contributed by atoms with E-state index in [1.165, 1.54) is 0 Å². The molecule has 122 valence electrons. The SMILES string of the molecule is C=CC(C)CN(CCC)c1nc(-c2ccncc2)cc(=O)n1C. The Hall–Kier alpha value is -2.43. The number of rotatable bonds is 7. The molecule has 1 atom stereocenters. The molecule has 0 aliphatic carbocycles. The topological polar surface area (TPSA) is 51.0 Å². The van der Waals surface area contributed by atoms with E-state index in [1.54, 1.807) is 30.1 Å². The fourth-order valence-corrected chi connectivity index (χ4v) is 2.45. The van der Waals surface area contributed by atoms with Crippen LogP contribution in [0.4, 0.5) is 5.95 Å². The van der Waals surface area contributed by atoms with Gasteiger partial charge in [-0.2, -0.15) is 0 Å². The molecule has 5 heteroatoms. The van der Waals surface area contributed by atoms with Crippen molar-refractivity contribution in [3.8, 4) is 11.3 Å². The van der Waals surface area contributed by atoms with E-state index < -0.39 is 0 Å². The molecule has 0 N–H and O–H groups in total. The fourth-order valence-electron chi connectivity index (χ4n) is 2.45. The molecule has 23 heavy (non-hydrogen) atoms. The maximum absolute atomic E-state index is 12.4. The van der Waals surface area contributed by atoms with Crippen LogP contribution in [-0.2, 0) is 7.05 Å². The molecule has 0 amide bonds. The first kappa shape index (κ1) is 16.9. The first-order valence-electron chi connectivity index (χ1n) is 7.92. The Morgan fingerprint density at radius 3 is 2.70 bits per heavy atom. The van der Waals surface area contributed by atoms with Crippen LogP contribution in [0.15, 0.2) is 48.0 Å². The van der Waals surface area contributed by atoms with Crippen LogP contribution < -0.4 is 10.5 Å². The third-order valence-electron chi connectivity index (χ3n) is 3.77. The molecule has 0 aliphatic rings. The van der Waals surface area contributed by atoms with Gasteiger partial charge in [0.25, 0.3) is 5.56 Å². The van der Waals surface area contributed by atoms with Gasteiger partial charge in [-0.15, -0.1) is 6.58 Å². The maximum atomic E-state index is 12.4. The molecular formula is C18H24N4O. The van der Waals surface area contributed by atoms with Gasteiger partial charge in [-0.05, 0) is 24.5 Å². The zero-order valence-corrected chi connectivity index (χ0v) is 14.1. The molecule has 5 nitrogen and oxygen atoms in total. The first-order chi connectivity index (χ1) is 11.1. The third-order valence-corrected chi connectivity index (χ3v) is 3.77. The van der Waals surface area contributed by atoms with E-state index in [-0.39, 0.29) is 5.56 Å². The second-order valence-corrected chi connectivity index (χ2v) is 5.73. The van der Waals surface area contributed by atoms with Crippen molar-refractivity contribution >= 4 is 5.95 Å². The molecule has 0 saturated heterocycles. The number of aromatic nitrogens is 3. The summed E-state index contributed by atoms with van der Waals surface area (Å²) >= 11 is 0. The average Bonchev–Trinajstić information content (AvgIpc) is 2.57. The smallest absolute Gasteiger partial charge is 0.255 e. The molecule has 0 aliphatic heterocycles. The predicted molar refractivity (Wildman–Crippen MR) is 94.6 cm³/mol. The molecule has 1 unspecified atom stereocenters. The fraction of sp³-hybridized carbons (Fsp3) is 0.389. The van der Waals surface area contributed by atoms with E-state index in [0.29, 0.717) is 17.6 Å². The van der Waals surface area contributed by atoms with E-state index in [2.05, 4.69) is 30.3 Å². The maximum Gasteiger partial charge on any atom is 0.255 e. The number of hydrogen-bond acceptors (Lipinski definition) is 4. The molecule has 0 fully saturated rings. The largest absolute Gasteiger partial charge is 0.342 e. The average molecular weight is 312 g/mol. The van der Waals surface area contributed by atoms with Crippen LogP contribution >= 0.6 is 0 Å². The van der Waals surface area contributed by atoms with Crippen LogP contribution in [0.3, 0.4) is 0 Å². The van der Waals surface area contributed by atoms with E-state index in [9.17, 15) is 4.79 Å². The Bertz CT molecular complexity index is 709. The van der Waals surface area contributed by atoms with Crippen molar-refractivity contribution in [1.29, 1.82) is 0 Å². The number of hydrogen-bond donors (Lipinski definition) is 0. The standard InChI is InChI=1S/C18H24N4O/c1-5-11-22(13-14(3)6-2)18-20-16(12-17(23)21(18)4)15-7-9-19-10-8-15/h6-10,12,14H,2,5,11,13H2,1,3-4H3. The lowest BCUT2D eigenvalue weighted by molar-refractivity contribution is 0.622. The Kier molecular flexibility index (Phi) is 5.68. The van der Waals surface area contributed by atoms with Gasteiger partial charge in [0.15, 0.2) is 0 Å². The lowest BCUT2D eigenvalue weighted by atomic mass is 10.1. The highest BCUT2D eigenvalue weighted by molar-refractivity contribution is 5.59. The van der Waals surface area contributed by atoms with Gasteiger partial charge in [0.2, 0.25) is 5.95 Å². The molecule has 2 rings (SSSR count). The van der Waals surface area contributed by atoms with Gasteiger partial charge >= 0.3 is 0 Å². The summed E-state index contributed by atoms with van der Waals surface area (Å²) in [7, 11) is 1.77. The van der Waals surface area contributed by atoms with Gasteiger partial charge in [0.1, 0.15) is 0 Å². The highest BCUT2D eigenvalue weighted by Gasteiger charge is 2.15. The van der Waals surface area contributed by atoms with E-state index >= 15 is 0 Å². The molecule has 0 bridgehead atoms. The third kappa shape index (κ3) is 4.06. The van der Waals surface area contributed by atoms with Crippen LogP contribution in [0.5, 0.6) is 0 Å². The summed E-state index contributed by atoms with van der Waals surface area (Å²) in [5.74, 6) is 1.02. The zero-order valence-electron chi connectivity index (χ0n) is 14.1. The van der Waals surface area contributed by atoms with E-state index in [0.717, 1.165) is 25.1 Å². The highest BCUT2D eigenvalue weighted by atomic mass is 16.1. The van der Waals surface area contributed by atoms with Crippen molar-refractivity contribution in [1.82, 2.24) is 14.5 Å². The molecular weight excluding hydrogens is 288 g/mol. The molecule has 2 heterocycles. The molecule has 0 aromatic carbocycles. The number of pyridine rings is 1. The molecule has 2 aromatic heterocycles. The Morgan fingerprint density at radius 2 is 2.09 bits per heavy atom. The van der Waals surface area contributed by atoms with Crippen molar-refractivity contribution in [3.63, 3.8) is 0 Å². The monoisotopic (exact) mass is 312 g/mol. The summed E-state index contributed by atoms with van der Waals surface area (Å²) in [6, 6.07) is 5.30. The minimum absolute atomic E-state index is 0.0610. The number of anilines is 1. The van der Waals surface area contributed by atoms with Crippen molar-refractivity contribution in [2.75, 3.05) is 18.0 Å². The van der Waals surface area contributed by atoms with E-state index in [4.69, 9.17) is 4.98 Å². The summed E-state index contributed by atoms with van der Waals surface area (Å²) < 4.78 is 1.61. The highest BCUT2D eigenvalue weighted by Crippen LogP contribution is 2.19. The van der Waals surface area contributed by atoms with Gasteiger partial charge in [-0.3, -0.25) is 14.3 Å². The van der Waals surface area contributed by atoms with Crippen molar-refractivity contribution < 1.29 is 0 Å². The summed E-state index contributed by atoms with van der Waals surface area (Å²) in [6.07, 6.45) is 6.32. The molecule has 0 radical (unpaired) electrons. The van der Waals surface area contributed by atoms with Crippen LogP contribution in [-0.4, -0.2) is 27.6 Å². The van der Waals surface area contributed by atoms with E-state index in [1.807, 2.05) is 18.2 Å². The van der Waals surface area contributed by atoms with Crippen LogP contribution in [0.2, 0.25) is 0 Å². The zero-order chi connectivity index (χ0) is 16.8. The van der Waals surface area contributed by atoms with Crippen molar-refractivity contribution in [2.45, 2.75) is 20.3 Å². The Labute approximate surface area is 137 Å². The lowest BCUT2D eigenvalue weighted by Gasteiger charge is -2.27. The minimum Gasteiger partial charge on any atom is -0.342 e. The second-order valence-electron chi connectivity index (χ2n) is 5.73. The predicted octanol–water partition coefficient (Wildman–Crippen LogP) is 2.88. The first-order valence-corrected chi connectivity index (χ1v) is 7.92. The quantitative estimate of drug-likeness (QED) is 0.738. The van der Waals surface area contributed by atoms with Crippen molar-refractivity contribution in [3.05, 3.63) is 53.6 Å². The summed E-state index contributed by atoms with van der Waals surface area (Å²) in [4.78, 5) is 23.3. The molecule has 2 aromatic rings. The van der Waals surface area contributed by atoms with Crippen molar-refractivity contribution in [2.24, 2.45) is 13.0 Å². The van der Waals surface area contributed by atoms with Gasteiger partial charge in [0.05, 0.1) is 5.69 Å². The lowest BCUT2D eigenvalue weighted by Crippen LogP contribution is -2.35. The second kappa shape index (κ2) is 7.72. The van der Waals surface area contributed by atoms with Crippen LogP contribution in [0.1, 0.15) is 20.3 Å². The van der Waals surface area contributed by atoms with Gasteiger partial charge in [0, 0.05) is 44.2 Å². The van der Waals surface area contributed by atoms with Gasteiger partial charge in [-0.25, -0.2) is 4.98 Å². The molecule has 0 saturated carbocycles.